The average Bonchev–Trinajstić information content (AvgIpc) is 2.45. The van der Waals surface area contributed by atoms with E-state index in [0.717, 1.165) is 44.9 Å². The van der Waals surface area contributed by atoms with Gasteiger partial charge in [0.25, 0.3) is 0 Å². The van der Waals surface area contributed by atoms with Crippen LogP contribution >= 0.6 is 0 Å². The fourth-order valence-electron chi connectivity index (χ4n) is 2.83. The van der Waals surface area contributed by atoms with Gasteiger partial charge in [-0.15, -0.1) is 0 Å². The molecule has 0 bridgehead atoms. The van der Waals surface area contributed by atoms with E-state index in [2.05, 4.69) is 19.2 Å². The molecule has 4 heteroatoms. The third-order valence-corrected chi connectivity index (χ3v) is 4.35. The van der Waals surface area contributed by atoms with Crippen molar-refractivity contribution in [2.75, 3.05) is 13.7 Å². The van der Waals surface area contributed by atoms with Crippen LogP contribution in [-0.2, 0) is 9.53 Å². The molecule has 0 radical (unpaired) electrons. The van der Waals surface area contributed by atoms with E-state index < -0.39 is 0 Å². The summed E-state index contributed by atoms with van der Waals surface area (Å²) >= 11 is 0. The number of hydrogen-bond acceptors (Lipinski definition) is 4. The van der Waals surface area contributed by atoms with E-state index in [0.29, 0.717) is 5.92 Å². The Balaban J connectivity index is 2.65. The SMILES string of the molecule is CCCCC(NC1(CO)CCC(C)CC1)C(=O)OC. The van der Waals surface area contributed by atoms with Crippen LogP contribution in [0.1, 0.15) is 58.8 Å². The smallest absolute Gasteiger partial charge is 0.322 e. The highest BCUT2D eigenvalue weighted by Gasteiger charge is 2.37. The normalized spacial score (nSPS) is 28.9. The van der Waals surface area contributed by atoms with Gasteiger partial charge in [-0.3, -0.25) is 10.1 Å². The monoisotopic (exact) mass is 271 g/mol. The van der Waals surface area contributed by atoms with E-state index in [1.165, 1.54) is 7.11 Å². The summed E-state index contributed by atoms with van der Waals surface area (Å²) < 4.78 is 4.88. The first kappa shape index (κ1) is 16.4. The summed E-state index contributed by atoms with van der Waals surface area (Å²) in [5, 5.41) is 13.1. The van der Waals surface area contributed by atoms with Crippen molar-refractivity contribution in [3.8, 4) is 0 Å². The third kappa shape index (κ3) is 4.77. The maximum Gasteiger partial charge on any atom is 0.322 e. The van der Waals surface area contributed by atoms with Gasteiger partial charge >= 0.3 is 5.97 Å². The molecule has 0 spiro atoms. The Labute approximate surface area is 116 Å². The number of carbonyl (C=O) groups is 1. The number of rotatable bonds is 7. The third-order valence-electron chi connectivity index (χ3n) is 4.35. The molecule has 1 unspecified atom stereocenters. The van der Waals surface area contributed by atoms with Crippen LogP contribution in [0.5, 0.6) is 0 Å². The van der Waals surface area contributed by atoms with Gasteiger partial charge in [0.1, 0.15) is 6.04 Å². The molecule has 0 amide bonds. The summed E-state index contributed by atoms with van der Waals surface area (Å²) in [6.45, 7) is 4.45. The van der Waals surface area contributed by atoms with Crippen molar-refractivity contribution < 1.29 is 14.6 Å². The second-order valence-electron chi connectivity index (χ2n) is 5.98. The van der Waals surface area contributed by atoms with Crippen LogP contribution in [0.25, 0.3) is 0 Å². The molecule has 1 aliphatic rings. The number of aliphatic hydroxyl groups excluding tert-OH is 1. The largest absolute Gasteiger partial charge is 0.468 e. The molecule has 0 aromatic carbocycles. The minimum Gasteiger partial charge on any atom is -0.468 e. The minimum absolute atomic E-state index is 0.0966. The Hall–Kier alpha value is -0.610. The Bertz CT molecular complexity index is 273. The number of unbranched alkanes of at least 4 members (excludes halogenated alkanes) is 1. The topological polar surface area (TPSA) is 58.6 Å². The predicted octanol–water partition coefficient (Wildman–Crippen LogP) is 2.25. The summed E-state index contributed by atoms with van der Waals surface area (Å²) in [5.74, 6) is 0.508. The van der Waals surface area contributed by atoms with Crippen molar-refractivity contribution in [2.24, 2.45) is 5.92 Å². The molecular formula is C15H29NO3. The lowest BCUT2D eigenvalue weighted by atomic mass is 9.77. The van der Waals surface area contributed by atoms with Crippen LogP contribution in [0.15, 0.2) is 0 Å². The first-order valence-electron chi connectivity index (χ1n) is 7.53. The maximum absolute atomic E-state index is 11.8. The minimum atomic E-state index is -0.293. The highest BCUT2D eigenvalue weighted by Crippen LogP contribution is 2.32. The van der Waals surface area contributed by atoms with Crippen molar-refractivity contribution in [3.63, 3.8) is 0 Å². The lowest BCUT2D eigenvalue weighted by molar-refractivity contribution is -0.144. The fraction of sp³-hybridized carbons (Fsp3) is 0.933. The molecule has 0 aromatic rings. The lowest BCUT2D eigenvalue weighted by Gasteiger charge is -2.41. The molecule has 19 heavy (non-hydrogen) atoms. The summed E-state index contributed by atoms with van der Waals surface area (Å²) in [5.41, 5.74) is -0.293. The number of carbonyl (C=O) groups excluding carboxylic acids is 1. The van der Waals surface area contributed by atoms with Gasteiger partial charge in [0.15, 0.2) is 0 Å². The average molecular weight is 271 g/mol. The molecule has 4 nitrogen and oxygen atoms in total. The van der Waals surface area contributed by atoms with Gasteiger partial charge in [-0.25, -0.2) is 0 Å². The van der Waals surface area contributed by atoms with Crippen molar-refractivity contribution >= 4 is 5.97 Å². The Morgan fingerprint density at radius 1 is 1.47 bits per heavy atom. The molecule has 2 N–H and O–H groups in total. The number of aliphatic hydroxyl groups is 1. The zero-order valence-corrected chi connectivity index (χ0v) is 12.6. The fourth-order valence-corrected chi connectivity index (χ4v) is 2.83. The van der Waals surface area contributed by atoms with Crippen molar-refractivity contribution in [1.29, 1.82) is 0 Å². The van der Waals surface area contributed by atoms with Gasteiger partial charge in [0, 0.05) is 5.54 Å². The number of methoxy groups -OCH3 is 1. The summed E-state index contributed by atoms with van der Waals surface area (Å²) in [6, 6.07) is -0.287. The van der Waals surface area contributed by atoms with Gasteiger partial charge in [-0.1, -0.05) is 26.7 Å². The first-order valence-corrected chi connectivity index (χ1v) is 7.53. The van der Waals surface area contributed by atoms with Crippen LogP contribution < -0.4 is 5.32 Å². The summed E-state index contributed by atoms with van der Waals surface area (Å²) in [7, 11) is 1.43. The zero-order chi connectivity index (χ0) is 14.3. The van der Waals surface area contributed by atoms with Crippen LogP contribution in [0.4, 0.5) is 0 Å². The van der Waals surface area contributed by atoms with E-state index in [1.807, 2.05) is 0 Å². The zero-order valence-electron chi connectivity index (χ0n) is 12.6. The van der Waals surface area contributed by atoms with Gasteiger partial charge in [-0.05, 0) is 38.0 Å². The quantitative estimate of drug-likeness (QED) is 0.697. The molecule has 0 heterocycles. The predicted molar refractivity (Wildman–Crippen MR) is 75.9 cm³/mol. The van der Waals surface area contributed by atoms with Crippen LogP contribution in [0.3, 0.4) is 0 Å². The maximum atomic E-state index is 11.8. The van der Waals surface area contributed by atoms with E-state index in [9.17, 15) is 9.90 Å². The van der Waals surface area contributed by atoms with E-state index in [4.69, 9.17) is 4.74 Å². The number of ether oxygens (including phenoxy) is 1. The van der Waals surface area contributed by atoms with Crippen molar-refractivity contribution in [2.45, 2.75) is 70.4 Å². The molecule has 0 aliphatic heterocycles. The Morgan fingerprint density at radius 3 is 2.58 bits per heavy atom. The summed E-state index contributed by atoms with van der Waals surface area (Å²) in [4.78, 5) is 11.8. The van der Waals surface area contributed by atoms with Crippen LogP contribution in [-0.4, -0.2) is 36.4 Å². The second-order valence-corrected chi connectivity index (χ2v) is 5.98. The van der Waals surface area contributed by atoms with Crippen LogP contribution in [0, 0.1) is 5.92 Å². The van der Waals surface area contributed by atoms with Gasteiger partial charge in [-0.2, -0.15) is 0 Å². The standard InChI is InChI=1S/C15H29NO3/c1-4-5-6-13(14(18)19-3)16-15(11-17)9-7-12(2)8-10-15/h12-13,16-17H,4-11H2,1-3H3. The Morgan fingerprint density at radius 2 is 2.11 bits per heavy atom. The molecule has 1 saturated carbocycles. The number of nitrogens with one attached hydrogen (secondary N) is 1. The molecule has 1 aliphatic carbocycles. The van der Waals surface area contributed by atoms with Gasteiger partial charge in [0.05, 0.1) is 13.7 Å². The van der Waals surface area contributed by atoms with E-state index >= 15 is 0 Å². The van der Waals surface area contributed by atoms with E-state index in [1.54, 1.807) is 0 Å². The van der Waals surface area contributed by atoms with Crippen molar-refractivity contribution in [3.05, 3.63) is 0 Å². The second kappa shape index (κ2) is 7.85. The van der Waals surface area contributed by atoms with Gasteiger partial charge in [0.2, 0.25) is 0 Å². The first-order chi connectivity index (χ1) is 9.06. The van der Waals surface area contributed by atoms with Gasteiger partial charge < -0.3 is 9.84 Å². The molecule has 0 aromatic heterocycles. The highest BCUT2D eigenvalue weighted by atomic mass is 16.5. The number of esters is 1. The molecule has 1 fully saturated rings. The lowest BCUT2D eigenvalue weighted by Crippen LogP contribution is -2.57. The molecule has 0 saturated heterocycles. The molecule has 1 rings (SSSR count). The van der Waals surface area contributed by atoms with Crippen LogP contribution in [0.2, 0.25) is 0 Å². The Kier molecular flexibility index (Phi) is 6.80. The summed E-state index contributed by atoms with van der Waals surface area (Å²) in [6.07, 6.45) is 6.91. The molecule has 112 valence electrons. The molecular weight excluding hydrogens is 242 g/mol. The number of hydrogen-bond donors (Lipinski definition) is 2. The van der Waals surface area contributed by atoms with E-state index in [-0.39, 0.29) is 24.2 Å². The molecule has 1 atom stereocenters. The highest BCUT2D eigenvalue weighted by molar-refractivity contribution is 5.75. The van der Waals surface area contributed by atoms with Crippen molar-refractivity contribution in [1.82, 2.24) is 5.32 Å².